The van der Waals surface area contributed by atoms with Gasteiger partial charge in [0, 0.05) is 19.4 Å². The zero-order valence-electron chi connectivity index (χ0n) is 23.8. The molecular weight excluding hydrogens is 506 g/mol. The fraction of sp³-hybridized carbons (Fsp3) is 0.607. The molecule has 1 rings (SSSR count). The Morgan fingerprint density at radius 1 is 0.897 bits per heavy atom. The molecule has 0 radical (unpaired) electrons. The summed E-state index contributed by atoms with van der Waals surface area (Å²) in [6.45, 7) is 9.32. The summed E-state index contributed by atoms with van der Waals surface area (Å²) in [5.74, 6) is -1.27. The van der Waals surface area contributed by atoms with Crippen LogP contribution in [0.3, 0.4) is 0 Å². The van der Waals surface area contributed by atoms with Gasteiger partial charge in [-0.15, -0.1) is 0 Å². The molecule has 1 aromatic carbocycles. The van der Waals surface area contributed by atoms with Crippen molar-refractivity contribution in [1.82, 2.24) is 16.0 Å². The van der Waals surface area contributed by atoms with E-state index in [0.717, 1.165) is 5.56 Å². The first-order chi connectivity index (χ1) is 18.3. The number of esters is 1. The minimum atomic E-state index is -0.937. The molecule has 0 fully saturated rings. The number of ether oxygens (including phenoxy) is 3. The zero-order chi connectivity index (χ0) is 29.4. The highest BCUT2D eigenvalue weighted by Crippen LogP contribution is 2.10. The van der Waals surface area contributed by atoms with Gasteiger partial charge in [-0.2, -0.15) is 0 Å². The highest BCUT2D eigenvalue weighted by molar-refractivity contribution is 5.91. The summed E-state index contributed by atoms with van der Waals surface area (Å²) in [4.78, 5) is 61.7. The summed E-state index contributed by atoms with van der Waals surface area (Å²) in [5, 5.41) is 7.80. The lowest BCUT2D eigenvalue weighted by atomic mass is 10.0. The molecule has 0 aliphatic rings. The predicted molar refractivity (Wildman–Crippen MR) is 145 cm³/mol. The number of rotatable bonds is 15. The fourth-order valence-electron chi connectivity index (χ4n) is 3.54. The second-order valence-electron chi connectivity index (χ2n) is 10.6. The minimum Gasteiger partial charge on any atom is -0.467 e. The van der Waals surface area contributed by atoms with Crippen LogP contribution in [0.5, 0.6) is 0 Å². The monoisotopic (exact) mass is 549 g/mol. The standard InChI is InChI=1S/C28H43N3O8/c1-19(2)17-22(25(34)37-6)30-24(33)15-14-23(32)21(13-10-16-29-26(35)39-28(3,4)5)31-27(36)38-18-20-11-8-7-9-12-20/h7-9,11-12,19,21-22H,10,13-18H2,1-6H3,(H,29,35)(H,30,33)(H,31,36)/t21-,22+/m0/s1. The van der Waals surface area contributed by atoms with Gasteiger partial charge in [0.2, 0.25) is 5.91 Å². The number of methoxy groups -OCH3 is 1. The van der Waals surface area contributed by atoms with Crippen molar-refractivity contribution in [3.8, 4) is 0 Å². The number of carbonyl (C=O) groups excluding carboxylic acids is 5. The van der Waals surface area contributed by atoms with Crippen molar-refractivity contribution >= 4 is 29.8 Å². The van der Waals surface area contributed by atoms with E-state index >= 15 is 0 Å². The molecule has 0 unspecified atom stereocenters. The molecule has 2 atom stereocenters. The number of amides is 3. The SMILES string of the molecule is COC(=O)[C@@H](CC(C)C)NC(=O)CCC(=O)[C@H](CCCNC(=O)OC(C)(C)C)NC(=O)OCc1ccccc1. The first-order valence-electron chi connectivity index (χ1n) is 13.1. The third-order valence-electron chi connectivity index (χ3n) is 5.36. The van der Waals surface area contributed by atoms with E-state index < -0.39 is 41.7 Å². The lowest BCUT2D eigenvalue weighted by Crippen LogP contribution is -2.44. The fourth-order valence-corrected chi connectivity index (χ4v) is 3.54. The maximum atomic E-state index is 13.0. The van der Waals surface area contributed by atoms with Crippen LogP contribution in [0.4, 0.5) is 9.59 Å². The van der Waals surface area contributed by atoms with Crippen LogP contribution in [-0.2, 0) is 35.2 Å². The Labute approximate surface area is 230 Å². The zero-order valence-corrected chi connectivity index (χ0v) is 23.8. The van der Waals surface area contributed by atoms with Crippen LogP contribution in [-0.4, -0.2) is 61.2 Å². The van der Waals surface area contributed by atoms with Gasteiger partial charge in [0.25, 0.3) is 0 Å². The maximum absolute atomic E-state index is 13.0. The average Bonchev–Trinajstić information content (AvgIpc) is 2.86. The normalized spacial score (nSPS) is 12.6. The number of alkyl carbamates (subject to hydrolysis) is 2. The highest BCUT2D eigenvalue weighted by Gasteiger charge is 2.25. The van der Waals surface area contributed by atoms with Crippen molar-refractivity contribution in [2.75, 3.05) is 13.7 Å². The molecule has 0 heterocycles. The maximum Gasteiger partial charge on any atom is 0.408 e. The van der Waals surface area contributed by atoms with E-state index in [0.29, 0.717) is 12.8 Å². The molecule has 0 spiro atoms. The van der Waals surface area contributed by atoms with Crippen molar-refractivity contribution in [1.29, 1.82) is 0 Å². The van der Waals surface area contributed by atoms with Crippen LogP contribution in [0.15, 0.2) is 30.3 Å². The summed E-state index contributed by atoms with van der Waals surface area (Å²) in [6.07, 6.45) is -0.728. The summed E-state index contributed by atoms with van der Waals surface area (Å²) < 4.78 is 15.2. The molecule has 0 aliphatic carbocycles. The Bertz CT molecular complexity index is 944. The van der Waals surface area contributed by atoms with Crippen LogP contribution < -0.4 is 16.0 Å². The third-order valence-corrected chi connectivity index (χ3v) is 5.36. The Morgan fingerprint density at radius 3 is 2.15 bits per heavy atom. The van der Waals surface area contributed by atoms with E-state index in [4.69, 9.17) is 14.2 Å². The van der Waals surface area contributed by atoms with Gasteiger partial charge < -0.3 is 30.2 Å². The van der Waals surface area contributed by atoms with E-state index in [1.54, 1.807) is 32.9 Å². The van der Waals surface area contributed by atoms with Gasteiger partial charge in [-0.05, 0) is 51.5 Å². The lowest BCUT2D eigenvalue weighted by Gasteiger charge is -2.21. The van der Waals surface area contributed by atoms with Gasteiger partial charge in [-0.1, -0.05) is 44.2 Å². The molecule has 39 heavy (non-hydrogen) atoms. The van der Waals surface area contributed by atoms with Gasteiger partial charge in [-0.25, -0.2) is 14.4 Å². The Balaban J connectivity index is 2.71. The molecule has 3 amide bonds. The number of hydrogen-bond donors (Lipinski definition) is 3. The lowest BCUT2D eigenvalue weighted by molar-refractivity contribution is -0.145. The Hall–Kier alpha value is -3.63. The van der Waals surface area contributed by atoms with Crippen molar-refractivity contribution in [3.63, 3.8) is 0 Å². The van der Waals surface area contributed by atoms with E-state index in [9.17, 15) is 24.0 Å². The van der Waals surface area contributed by atoms with E-state index in [1.807, 2.05) is 32.0 Å². The molecular formula is C28H43N3O8. The highest BCUT2D eigenvalue weighted by atomic mass is 16.6. The molecule has 1 aromatic rings. The second-order valence-corrected chi connectivity index (χ2v) is 10.6. The van der Waals surface area contributed by atoms with Crippen molar-refractivity contribution in [3.05, 3.63) is 35.9 Å². The van der Waals surface area contributed by atoms with Crippen LogP contribution in [0, 0.1) is 5.92 Å². The predicted octanol–water partition coefficient (Wildman–Crippen LogP) is 3.64. The van der Waals surface area contributed by atoms with Gasteiger partial charge >= 0.3 is 18.2 Å². The number of hydrogen-bond acceptors (Lipinski definition) is 8. The first kappa shape index (κ1) is 33.4. The molecule has 0 saturated heterocycles. The van der Waals surface area contributed by atoms with E-state index in [-0.39, 0.29) is 44.1 Å². The van der Waals surface area contributed by atoms with Crippen LogP contribution in [0.1, 0.15) is 72.3 Å². The average molecular weight is 550 g/mol. The van der Waals surface area contributed by atoms with Gasteiger partial charge in [0.05, 0.1) is 13.2 Å². The topological polar surface area (TPSA) is 149 Å². The van der Waals surface area contributed by atoms with Gasteiger partial charge in [-0.3, -0.25) is 9.59 Å². The molecule has 11 nitrogen and oxygen atoms in total. The van der Waals surface area contributed by atoms with Gasteiger partial charge in [0.1, 0.15) is 18.2 Å². The van der Waals surface area contributed by atoms with E-state index in [2.05, 4.69) is 16.0 Å². The van der Waals surface area contributed by atoms with Crippen molar-refractivity contribution in [2.24, 2.45) is 5.92 Å². The van der Waals surface area contributed by atoms with Crippen LogP contribution in [0.2, 0.25) is 0 Å². The quantitative estimate of drug-likeness (QED) is 0.171. The molecule has 3 N–H and O–H groups in total. The second kappa shape index (κ2) is 17.1. The first-order valence-corrected chi connectivity index (χ1v) is 13.1. The molecule has 11 heteroatoms. The number of carbonyl (C=O) groups is 5. The smallest absolute Gasteiger partial charge is 0.408 e. The molecule has 218 valence electrons. The van der Waals surface area contributed by atoms with E-state index in [1.165, 1.54) is 7.11 Å². The summed E-state index contributed by atoms with van der Waals surface area (Å²) in [6, 6.07) is 7.34. The Morgan fingerprint density at radius 2 is 1.56 bits per heavy atom. The number of Topliss-reactive ketones (excluding diaryl/α,β-unsaturated/α-hetero) is 1. The van der Waals surface area contributed by atoms with Crippen LogP contribution in [0.25, 0.3) is 0 Å². The van der Waals surface area contributed by atoms with Gasteiger partial charge in [0.15, 0.2) is 5.78 Å². The third kappa shape index (κ3) is 15.4. The summed E-state index contributed by atoms with van der Waals surface area (Å²) >= 11 is 0. The number of nitrogens with one attached hydrogen (secondary N) is 3. The summed E-state index contributed by atoms with van der Waals surface area (Å²) in [7, 11) is 1.25. The molecule has 0 aromatic heterocycles. The Kier molecular flexibility index (Phi) is 14.6. The van der Waals surface area contributed by atoms with Crippen molar-refractivity contribution in [2.45, 2.75) is 91.0 Å². The largest absolute Gasteiger partial charge is 0.467 e. The minimum absolute atomic E-state index is 0.0287. The van der Waals surface area contributed by atoms with Crippen molar-refractivity contribution < 1.29 is 38.2 Å². The summed E-state index contributed by atoms with van der Waals surface area (Å²) in [5.41, 5.74) is 0.144. The molecule has 0 bridgehead atoms. The van der Waals surface area contributed by atoms with Crippen LogP contribution >= 0.6 is 0 Å². The number of ketones is 1. The molecule has 0 saturated carbocycles. The molecule has 0 aliphatic heterocycles. The number of benzene rings is 1.